The van der Waals surface area contributed by atoms with E-state index in [0.29, 0.717) is 35.6 Å². The van der Waals surface area contributed by atoms with Gasteiger partial charge in [0.05, 0.1) is 18.5 Å². The molecule has 0 amide bonds. The van der Waals surface area contributed by atoms with E-state index in [4.69, 9.17) is 14.2 Å². The van der Waals surface area contributed by atoms with Gasteiger partial charge < -0.3 is 24.5 Å². The molecule has 1 aromatic heterocycles. The van der Waals surface area contributed by atoms with E-state index in [1.165, 1.54) is 6.33 Å². The lowest BCUT2D eigenvalue weighted by Gasteiger charge is -2.27. The lowest BCUT2D eigenvalue weighted by molar-refractivity contribution is -0.105. The first-order valence-corrected chi connectivity index (χ1v) is 9.65. The fraction of sp³-hybridized carbons (Fsp3) is 0.579. The van der Waals surface area contributed by atoms with Gasteiger partial charge in [0.15, 0.2) is 6.29 Å². The van der Waals surface area contributed by atoms with Crippen molar-refractivity contribution in [2.24, 2.45) is 0 Å². The minimum Gasteiger partial charge on any atom is -0.492 e. The number of nitrogens with zero attached hydrogens (tertiary/aromatic N) is 2. The molecular weight excluding hydrogens is 348 g/mol. The summed E-state index contributed by atoms with van der Waals surface area (Å²) in [5.41, 5.74) is 0.336. The van der Waals surface area contributed by atoms with Gasteiger partial charge in [0, 0.05) is 51.3 Å². The SMILES string of the molecule is O=c1[nH]cnc2cc(OCCN3CCNCC3)cc(OC3CCCCO3)c12. The third-order valence-electron chi connectivity index (χ3n) is 4.96. The number of H-pyrrole nitrogens is 1. The van der Waals surface area contributed by atoms with Crippen LogP contribution in [0.2, 0.25) is 0 Å². The maximum absolute atomic E-state index is 12.3. The first-order chi connectivity index (χ1) is 13.3. The molecule has 0 bridgehead atoms. The lowest BCUT2D eigenvalue weighted by atomic mass is 10.2. The molecule has 2 aliphatic rings. The summed E-state index contributed by atoms with van der Waals surface area (Å²) in [5.74, 6) is 1.12. The molecule has 2 aliphatic heterocycles. The Labute approximate surface area is 157 Å². The first-order valence-electron chi connectivity index (χ1n) is 9.65. The zero-order chi connectivity index (χ0) is 18.5. The molecule has 1 aromatic carbocycles. The van der Waals surface area contributed by atoms with Crippen LogP contribution in [-0.4, -0.2) is 67.1 Å². The summed E-state index contributed by atoms with van der Waals surface area (Å²) >= 11 is 0. The van der Waals surface area contributed by atoms with Crippen molar-refractivity contribution in [1.82, 2.24) is 20.2 Å². The van der Waals surface area contributed by atoms with Crippen LogP contribution in [0.5, 0.6) is 11.5 Å². The highest BCUT2D eigenvalue weighted by Gasteiger charge is 2.19. The molecule has 2 fully saturated rings. The second kappa shape index (κ2) is 8.69. The zero-order valence-electron chi connectivity index (χ0n) is 15.4. The molecule has 8 nitrogen and oxygen atoms in total. The first kappa shape index (κ1) is 18.2. The Balaban J connectivity index is 1.51. The molecule has 3 heterocycles. The molecule has 4 rings (SSSR count). The van der Waals surface area contributed by atoms with E-state index in [-0.39, 0.29) is 11.8 Å². The van der Waals surface area contributed by atoms with Crippen molar-refractivity contribution in [1.29, 1.82) is 0 Å². The second-order valence-corrected chi connectivity index (χ2v) is 6.90. The number of piperazine rings is 1. The van der Waals surface area contributed by atoms with E-state index >= 15 is 0 Å². The van der Waals surface area contributed by atoms with Gasteiger partial charge in [0.2, 0.25) is 0 Å². The average molecular weight is 374 g/mol. The van der Waals surface area contributed by atoms with Crippen LogP contribution in [0.15, 0.2) is 23.3 Å². The predicted molar refractivity (Wildman–Crippen MR) is 101 cm³/mol. The normalized spacial score (nSPS) is 21.3. The topological polar surface area (TPSA) is 88.7 Å². The molecule has 2 aromatic rings. The van der Waals surface area contributed by atoms with Gasteiger partial charge in [0.1, 0.15) is 23.5 Å². The van der Waals surface area contributed by atoms with Gasteiger partial charge in [-0.1, -0.05) is 0 Å². The second-order valence-electron chi connectivity index (χ2n) is 6.90. The van der Waals surface area contributed by atoms with Crippen LogP contribution in [0.3, 0.4) is 0 Å². The summed E-state index contributed by atoms with van der Waals surface area (Å²) in [6.07, 6.45) is 3.97. The third-order valence-corrected chi connectivity index (χ3v) is 4.96. The van der Waals surface area contributed by atoms with Gasteiger partial charge in [-0.05, 0) is 12.8 Å². The molecule has 2 saturated heterocycles. The van der Waals surface area contributed by atoms with Crippen LogP contribution in [-0.2, 0) is 4.74 Å². The number of rotatable bonds is 6. The van der Waals surface area contributed by atoms with Crippen molar-refractivity contribution in [3.63, 3.8) is 0 Å². The van der Waals surface area contributed by atoms with Gasteiger partial charge in [-0.25, -0.2) is 4.98 Å². The smallest absolute Gasteiger partial charge is 0.262 e. The molecule has 1 unspecified atom stereocenters. The number of aromatic amines is 1. The molecule has 0 spiro atoms. The summed E-state index contributed by atoms with van der Waals surface area (Å²) < 4.78 is 17.6. The van der Waals surface area contributed by atoms with Crippen LogP contribution >= 0.6 is 0 Å². The Morgan fingerprint density at radius 1 is 1.26 bits per heavy atom. The van der Waals surface area contributed by atoms with E-state index in [1.807, 2.05) is 0 Å². The van der Waals surface area contributed by atoms with E-state index < -0.39 is 0 Å². The fourth-order valence-electron chi connectivity index (χ4n) is 3.49. The number of hydrogen-bond donors (Lipinski definition) is 2. The van der Waals surface area contributed by atoms with E-state index in [1.54, 1.807) is 12.1 Å². The zero-order valence-corrected chi connectivity index (χ0v) is 15.4. The number of nitrogens with one attached hydrogen (secondary N) is 2. The van der Waals surface area contributed by atoms with E-state index in [0.717, 1.165) is 52.0 Å². The molecule has 146 valence electrons. The third kappa shape index (κ3) is 4.58. The molecule has 8 heteroatoms. The molecule has 1 atom stereocenters. The Kier molecular flexibility index (Phi) is 5.86. The molecule has 0 radical (unpaired) electrons. The standard InChI is InChI=1S/C19H26N4O4/c24-19-18-15(21-13-22-19)11-14(25-10-8-23-6-4-20-5-7-23)12-16(18)27-17-3-1-2-9-26-17/h11-13,17,20H,1-10H2,(H,21,22,24). The van der Waals surface area contributed by atoms with Crippen LogP contribution in [0.1, 0.15) is 19.3 Å². The maximum atomic E-state index is 12.3. The molecule has 0 aliphatic carbocycles. The maximum Gasteiger partial charge on any atom is 0.262 e. The number of hydrogen-bond acceptors (Lipinski definition) is 7. The number of benzene rings is 1. The Morgan fingerprint density at radius 3 is 2.96 bits per heavy atom. The van der Waals surface area contributed by atoms with Crippen LogP contribution < -0.4 is 20.3 Å². The van der Waals surface area contributed by atoms with E-state index in [9.17, 15) is 4.79 Å². The highest BCUT2D eigenvalue weighted by atomic mass is 16.7. The van der Waals surface area contributed by atoms with Crippen molar-refractivity contribution >= 4 is 10.9 Å². The summed E-state index contributed by atoms with van der Waals surface area (Å²) in [6.45, 7) is 6.22. The van der Waals surface area contributed by atoms with Crippen LogP contribution in [0.25, 0.3) is 10.9 Å². The van der Waals surface area contributed by atoms with Gasteiger partial charge in [-0.2, -0.15) is 0 Å². The summed E-state index contributed by atoms with van der Waals surface area (Å²) in [4.78, 5) is 21.6. The predicted octanol–water partition coefficient (Wildman–Crippen LogP) is 1.11. The number of aromatic nitrogens is 2. The van der Waals surface area contributed by atoms with Crippen molar-refractivity contribution in [2.45, 2.75) is 25.6 Å². The van der Waals surface area contributed by atoms with Crippen molar-refractivity contribution in [3.05, 3.63) is 28.8 Å². The summed E-state index contributed by atoms with van der Waals surface area (Å²) in [6, 6.07) is 3.56. The number of ether oxygens (including phenoxy) is 3. The molecule has 2 N–H and O–H groups in total. The largest absolute Gasteiger partial charge is 0.492 e. The highest BCUT2D eigenvalue weighted by Crippen LogP contribution is 2.30. The fourth-order valence-corrected chi connectivity index (χ4v) is 3.49. The van der Waals surface area contributed by atoms with Gasteiger partial charge in [-0.15, -0.1) is 0 Å². The van der Waals surface area contributed by atoms with Crippen LogP contribution in [0, 0.1) is 0 Å². The average Bonchev–Trinajstić information content (AvgIpc) is 2.69. The Morgan fingerprint density at radius 2 is 2.15 bits per heavy atom. The van der Waals surface area contributed by atoms with Crippen molar-refractivity contribution < 1.29 is 14.2 Å². The lowest BCUT2D eigenvalue weighted by Crippen LogP contribution is -2.44. The van der Waals surface area contributed by atoms with Gasteiger partial charge >= 0.3 is 0 Å². The molecule has 0 saturated carbocycles. The van der Waals surface area contributed by atoms with Crippen molar-refractivity contribution in [3.8, 4) is 11.5 Å². The van der Waals surface area contributed by atoms with Gasteiger partial charge in [-0.3, -0.25) is 9.69 Å². The number of fused-ring (bicyclic) bond motifs is 1. The van der Waals surface area contributed by atoms with Crippen LogP contribution in [0.4, 0.5) is 0 Å². The molecular formula is C19H26N4O4. The minimum absolute atomic E-state index is 0.224. The summed E-state index contributed by atoms with van der Waals surface area (Å²) in [5, 5.41) is 3.77. The quantitative estimate of drug-likeness (QED) is 0.783. The van der Waals surface area contributed by atoms with E-state index in [2.05, 4.69) is 20.2 Å². The van der Waals surface area contributed by atoms with Crippen molar-refractivity contribution in [2.75, 3.05) is 45.9 Å². The summed E-state index contributed by atoms with van der Waals surface area (Å²) in [7, 11) is 0. The molecule has 27 heavy (non-hydrogen) atoms. The minimum atomic E-state index is -0.336. The highest BCUT2D eigenvalue weighted by molar-refractivity contribution is 5.85. The monoisotopic (exact) mass is 374 g/mol. The Bertz CT molecular complexity index is 813. The Hall–Kier alpha value is -2.16. The van der Waals surface area contributed by atoms with Gasteiger partial charge in [0.25, 0.3) is 5.56 Å².